The third-order valence-corrected chi connectivity index (χ3v) is 9.02. The van der Waals surface area contributed by atoms with E-state index >= 15 is 0 Å². The van der Waals surface area contributed by atoms with Gasteiger partial charge in [0.2, 0.25) is 0 Å². The summed E-state index contributed by atoms with van der Waals surface area (Å²) in [4.78, 5) is 37.3. The van der Waals surface area contributed by atoms with Gasteiger partial charge in [-0.05, 0) is 44.9 Å². The molecule has 6 heteroatoms. The number of carbonyl (C=O) groups is 3. The van der Waals surface area contributed by atoms with Crippen LogP contribution in [-0.4, -0.2) is 37.2 Å². The molecule has 0 heterocycles. The fourth-order valence-corrected chi connectivity index (χ4v) is 5.85. The monoisotopic (exact) mass is 679 g/mol. The van der Waals surface area contributed by atoms with Crippen LogP contribution >= 0.6 is 0 Å². The van der Waals surface area contributed by atoms with Crippen LogP contribution in [0.2, 0.25) is 0 Å². The van der Waals surface area contributed by atoms with Gasteiger partial charge in [0.15, 0.2) is 6.10 Å². The zero-order chi connectivity index (χ0) is 35.2. The number of hydrogen-bond donors (Lipinski definition) is 0. The molecule has 0 aliphatic rings. The summed E-state index contributed by atoms with van der Waals surface area (Å²) in [5.41, 5.74) is 0. The molecule has 0 aromatic heterocycles. The van der Waals surface area contributed by atoms with Gasteiger partial charge < -0.3 is 14.2 Å². The van der Waals surface area contributed by atoms with Crippen molar-refractivity contribution >= 4 is 17.9 Å². The number of esters is 3. The van der Waals surface area contributed by atoms with Gasteiger partial charge in [0, 0.05) is 19.3 Å². The van der Waals surface area contributed by atoms with E-state index in [1.807, 2.05) is 0 Å². The third-order valence-electron chi connectivity index (χ3n) is 9.02. The minimum Gasteiger partial charge on any atom is -0.462 e. The summed E-state index contributed by atoms with van der Waals surface area (Å²) in [5, 5.41) is 0. The highest BCUT2D eigenvalue weighted by atomic mass is 16.6. The summed E-state index contributed by atoms with van der Waals surface area (Å²) < 4.78 is 16.5. The van der Waals surface area contributed by atoms with Crippen molar-refractivity contribution in [1.29, 1.82) is 0 Å². The van der Waals surface area contributed by atoms with Crippen LogP contribution in [0.5, 0.6) is 0 Å². The van der Waals surface area contributed by atoms with E-state index in [2.05, 4.69) is 32.9 Å². The second-order valence-corrected chi connectivity index (χ2v) is 13.9. The highest BCUT2D eigenvalue weighted by Gasteiger charge is 2.19. The summed E-state index contributed by atoms with van der Waals surface area (Å²) >= 11 is 0. The van der Waals surface area contributed by atoms with Gasteiger partial charge in [-0.2, -0.15) is 0 Å². The summed E-state index contributed by atoms with van der Waals surface area (Å²) in [7, 11) is 0. The molecule has 0 bridgehead atoms. The Labute approximate surface area is 297 Å². The minimum absolute atomic E-state index is 0.0708. The van der Waals surface area contributed by atoms with Crippen molar-refractivity contribution in [3.63, 3.8) is 0 Å². The van der Waals surface area contributed by atoms with E-state index in [0.29, 0.717) is 19.3 Å². The third kappa shape index (κ3) is 35.5. The van der Waals surface area contributed by atoms with Crippen molar-refractivity contribution in [2.75, 3.05) is 13.2 Å². The number of hydrogen-bond acceptors (Lipinski definition) is 6. The average Bonchev–Trinajstić information content (AvgIpc) is 3.08. The molecule has 0 aromatic carbocycles. The first kappa shape index (κ1) is 46.1. The molecule has 0 N–H and O–H groups in total. The molecule has 48 heavy (non-hydrogen) atoms. The zero-order valence-corrected chi connectivity index (χ0v) is 32.0. The van der Waals surface area contributed by atoms with Crippen molar-refractivity contribution in [1.82, 2.24) is 0 Å². The molecule has 6 nitrogen and oxygen atoms in total. The van der Waals surface area contributed by atoms with Crippen LogP contribution in [0.3, 0.4) is 0 Å². The molecule has 0 saturated heterocycles. The van der Waals surface area contributed by atoms with Gasteiger partial charge in [-0.1, -0.05) is 168 Å². The van der Waals surface area contributed by atoms with E-state index in [9.17, 15) is 14.4 Å². The summed E-state index contributed by atoms with van der Waals surface area (Å²) in [6, 6.07) is 0. The Balaban J connectivity index is 4.22. The van der Waals surface area contributed by atoms with E-state index in [0.717, 1.165) is 64.2 Å². The average molecular weight is 679 g/mol. The molecule has 0 aromatic rings. The van der Waals surface area contributed by atoms with Gasteiger partial charge in [0.05, 0.1) is 0 Å². The lowest BCUT2D eigenvalue weighted by atomic mass is 10.1. The van der Waals surface area contributed by atoms with E-state index in [1.165, 1.54) is 116 Å². The lowest BCUT2D eigenvalue weighted by Crippen LogP contribution is -2.30. The summed E-state index contributed by atoms with van der Waals surface area (Å²) in [5.74, 6) is -0.892. The molecule has 0 amide bonds. The molecule has 0 aliphatic heterocycles. The molecular weight excluding hydrogens is 600 g/mol. The maximum absolute atomic E-state index is 12.5. The molecule has 0 fully saturated rings. The largest absolute Gasteiger partial charge is 0.462 e. The molecule has 1 unspecified atom stereocenters. The maximum Gasteiger partial charge on any atom is 0.306 e. The van der Waals surface area contributed by atoms with Gasteiger partial charge in [-0.15, -0.1) is 0 Å². The SMILES string of the molecule is CCCCCCCCC/C=C\CCCCCCCC(=O)OCC(COC(=O)CCCCCCCC)OC(=O)CCCCCCCCCC. The number of rotatable bonds is 37. The van der Waals surface area contributed by atoms with Crippen molar-refractivity contribution in [2.45, 2.75) is 226 Å². The Morgan fingerprint density at radius 2 is 0.688 bits per heavy atom. The number of allylic oxidation sites excluding steroid dienone is 2. The van der Waals surface area contributed by atoms with Crippen LogP contribution in [0.1, 0.15) is 220 Å². The Hall–Kier alpha value is -1.85. The van der Waals surface area contributed by atoms with E-state index in [4.69, 9.17) is 14.2 Å². The molecule has 0 rings (SSSR count). The standard InChI is InChI=1S/C42H78O6/c1-4-7-10-13-16-18-19-20-21-22-23-24-25-27-29-32-35-41(44)47-38-39(37-46-40(43)34-31-28-15-12-9-6-3)48-42(45)36-33-30-26-17-14-11-8-5-2/h21-22,39H,4-20,23-38H2,1-3H3/b22-21-. The van der Waals surface area contributed by atoms with Crippen LogP contribution in [0, 0.1) is 0 Å². The predicted molar refractivity (Wildman–Crippen MR) is 201 cm³/mol. The molecule has 282 valence electrons. The van der Waals surface area contributed by atoms with E-state index in [-0.39, 0.29) is 31.1 Å². The predicted octanol–water partition coefficient (Wildman–Crippen LogP) is 12.7. The molecule has 0 radical (unpaired) electrons. The minimum atomic E-state index is -0.761. The normalized spacial score (nSPS) is 12.0. The van der Waals surface area contributed by atoms with Crippen LogP contribution in [0.4, 0.5) is 0 Å². The Morgan fingerprint density at radius 3 is 1.04 bits per heavy atom. The van der Waals surface area contributed by atoms with Crippen molar-refractivity contribution in [2.24, 2.45) is 0 Å². The highest BCUT2D eigenvalue weighted by molar-refractivity contribution is 5.71. The fraction of sp³-hybridized carbons (Fsp3) is 0.881. The van der Waals surface area contributed by atoms with Crippen molar-refractivity contribution in [3.05, 3.63) is 12.2 Å². The Bertz CT molecular complexity index is 748. The molecule has 0 saturated carbocycles. The highest BCUT2D eigenvalue weighted by Crippen LogP contribution is 2.13. The molecular formula is C42H78O6. The summed E-state index contributed by atoms with van der Waals surface area (Å²) in [6.45, 7) is 6.53. The lowest BCUT2D eigenvalue weighted by Gasteiger charge is -2.18. The summed E-state index contributed by atoms with van der Waals surface area (Å²) in [6.07, 6.45) is 37.9. The first-order chi connectivity index (χ1) is 23.5. The fourth-order valence-electron chi connectivity index (χ4n) is 5.85. The van der Waals surface area contributed by atoms with Crippen molar-refractivity contribution < 1.29 is 28.6 Å². The van der Waals surface area contributed by atoms with Crippen LogP contribution < -0.4 is 0 Å². The topological polar surface area (TPSA) is 78.9 Å². The smallest absolute Gasteiger partial charge is 0.306 e. The molecule has 1 atom stereocenters. The van der Waals surface area contributed by atoms with E-state index in [1.54, 1.807) is 0 Å². The second kappa shape index (κ2) is 38.0. The van der Waals surface area contributed by atoms with Gasteiger partial charge in [0.25, 0.3) is 0 Å². The van der Waals surface area contributed by atoms with Crippen LogP contribution in [0.15, 0.2) is 12.2 Å². The van der Waals surface area contributed by atoms with Gasteiger partial charge >= 0.3 is 17.9 Å². The number of ether oxygens (including phenoxy) is 3. The quantitative estimate of drug-likeness (QED) is 0.0282. The Kier molecular flexibility index (Phi) is 36.5. The lowest BCUT2D eigenvalue weighted by molar-refractivity contribution is -0.167. The zero-order valence-electron chi connectivity index (χ0n) is 32.0. The molecule has 0 spiro atoms. The number of unbranched alkanes of at least 4 members (excludes halogenated alkanes) is 24. The van der Waals surface area contributed by atoms with Gasteiger partial charge in [-0.25, -0.2) is 0 Å². The van der Waals surface area contributed by atoms with Gasteiger partial charge in [0.1, 0.15) is 13.2 Å². The van der Waals surface area contributed by atoms with Crippen molar-refractivity contribution in [3.8, 4) is 0 Å². The Morgan fingerprint density at radius 1 is 0.396 bits per heavy atom. The van der Waals surface area contributed by atoms with E-state index < -0.39 is 6.10 Å². The van der Waals surface area contributed by atoms with Crippen LogP contribution in [-0.2, 0) is 28.6 Å². The molecule has 0 aliphatic carbocycles. The van der Waals surface area contributed by atoms with Crippen LogP contribution in [0.25, 0.3) is 0 Å². The second-order valence-electron chi connectivity index (χ2n) is 13.9. The van der Waals surface area contributed by atoms with Gasteiger partial charge in [-0.3, -0.25) is 14.4 Å². The first-order valence-electron chi connectivity index (χ1n) is 20.7. The maximum atomic E-state index is 12.5. The number of carbonyl (C=O) groups excluding carboxylic acids is 3. The first-order valence-corrected chi connectivity index (χ1v) is 20.7.